The van der Waals surface area contributed by atoms with E-state index in [1.54, 1.807) is 24.3 Å². The highest BCUT2D eigenvalue weighted by atomic mass is 32.1. The molecule has 0 saturated carbocycles. The van der Waals surface area contributed by atoms with Crippen molar-refractivity contribution in [2.24, 2.45) is 0 Å². The number of rotatable bonds is 4. The Balaban J connectivity index is 1.60. The number of anilines is 2. The van der Waals surface area contributed by atoms with Crippen molar-refractivity contribution in [3.8, 4) is 0 Å². The molecule has 1 aromatic carbocycles. The predicted molar refractivity (Wildman–Crippen MR) is 90.0 cm³/mol. The molecule has 0 unspecified atom stereocenters. The molecule has 0 atom stereocenters. The van der Waals surface area contributed by atoms with E-state index in [0.717, 1.165) is 25.3 Å². The van der Waals surface area contributed by atoms with Crippen molar-refractivity contribution in [3.05, 3.63) is 40.9 Å². The van der Waals surface area contributed by atoms with Gasteiger partial charge in [-0.25, -0.2) is 4.98 Å². The molecule has 0 radical (unpaired) electrons. The first kappa shape index (κ1) is 15.0. The van der Waals surface area contributed by atoms with Gasteiger partial charge in [0.15, 0.2) is 5.13 Å². The zero-order valence-corrected chi connectivity index (χ0v) is 13.2. The van der Waals surface area contributed by atoms with E-state index in [1.165, 1.54) is 30.6 Å². The number of likely N-dealkylation sites (tertiary alicyclic amines) is 1. The Labute approximate surface area is 134 Å². The SMILES string of the molecule is Nc1cccc(C(=O)Nc2nc(CN3CCCCC3)cs2)c1. The number of carbonyl (C=O) groups excluding carboxylic acids is 1. The van der Waals surface area contributed by atoms with E-state index in [9.17, 15) is 4.79 Å². The first-order valence-electron chi connectivity index (χ1n) is 7.54. The van der Waals surface area contributed by atoms with Crippen molar-refractivity contribution in [1.82, 2.24) is 9.88 Å². The number of thiazole rings is 1. The Morgan fingerprint density at radius 3 is 2.91 bits per heavy atom. The summed E-state index contributed by atoms with van der Waals surface area (Å²) in [5.74, 6) is -0.175. The highest BCUT2D eigenvalue weighted by Gasteiger charge is 2.13. The number of amides is 1. The van der Waals surface area contributed by atoms with Gasteiger partial charge in [0.1, 0.15) is 0 Å². The second-order valence-electron chi connectivity index (χ2n) is 5.56. The largest absolute Gasteiger partial charge is 0.399 e. The van der Waals surface area contributed by atoms with Gasteiger partial charge < -0.3 is 5.73 Å². The van der Waals surface area contributed by atoms with Gasteiger partial charge in [0, 0.05) is 23.2 Å². The quantitative estimate of drug-likeness (QED) is 0.851. The molecular weight excluding hydrogens is 296 g/mol. The van der Waals surface area contributed by atoms with Crippen LogP contribution in [0.15, 0.2) is 29.6 Å². The van der Waals surface area contributed by atoms with Gasteiger partial charge in [-0.15, -0.1) is 11.3 Å². The molecular formula is C16H20N4OS. The van der Waals surface area contributed by atoms with E-state index in [2.05, 4.69) is 15.2 Å². The molecule has 1 fully saturated rings. The number of hydrogen-bond donors (Lipinski definition) is 2. The number of piperidine rings is 1. The molecule has 5 nitrogen and oxygen atoms in total. The van der Waals surface area contributed by atoms with E-state index in [1.807, 2.05) is 5.38 Å². The number of carbonyl (C=O) groups is 1. The van der Waals surface area contributed by atoms with Crippen molar-refractivity contribution < 1.29 is 4.79 Å². The average Bonchev–Trinajstić information content (AvgIpc) is 2.95. The molecule has 3 rings (SSSR count). The highest BCUT2D eigenvalue weighted by molar-refractivity contribution is 7.13. The lowest BCUT2D eigenvalue weighted by molar-refractivity contribution is 0.102. The minimum atomic E-state index is -0.175. The topological polar surface area (TPSA) is 71.2 Å². The van der Waals surface area contributed by atoms with Crippen LogP contribution in [0.1, 0.15) is 35.3 Å². The zero-order valence-electron chi connectivity index (χ0n) is 12.4. The standard InChI is InChI=1S/C16H20N4OS/c17-13-6-4-5-12(9-13)15(21)19-16-18-14(11-22-16)10-20-7-2-1-3-8-20/h4-6,9,11H,1-3,7-8,10,17H2,(H,18,19,21). The molecule has 0 bridgehead atoms. The molecule has 6 heteroatoms. The lowest BCUT2D eigenvalue weighted by Gasteiger charge is -2.25. The molecule has 116 valence electrons. The number of nitrogens with two attached hydrogens (primary N) is 1. The van der Waals surface area contributed by atoms with Crippen LogP contribution in [0.4, 0.5) is 10.8 Å². The summed E-state index contributed by atoms with van der Waals surface area (Å²) in [5, 5.41) is 5.49. The van der Waals surface area contributed by atoms with Crippen LogP contribution in [0.5, 0.6) is 0 Å². The molecule has 3 N–H and O–H groups in total. The number of nitrogen functional groups attached to an aromatic ring is 1. The number of benzene rings is 1. The van der Waals surface area contributed by atoms with Crippen LogP contribution in [-0.4, -0.2) is 28.9 Å². The van der Waals surface area contributed by atoms with Gasteiger partial charge in [0.2, 0.25) is 0 Å². The summed E-state index contributed by atoms with van der Waals surface area (Å²) in [6.07, 6.45) is 3.86. The Kier molecular flexibility index (Phi) is 4.70. The lowest BCUT2D eigenvalue weighted by Crippen LogP contribution is -2.29. The monoisotopic (exact) mass is 316 g/mol. The first-order valence-corrected chi connectivity index (χ1v) is 8.42. The van der Waals surface area contributed by atoms with Gasteiger partial charge in [-0.1, -0.05) is 12.5 Å². The second kappa shape index (κ2) is 6.89. The van der Waals surface area contributed by atoms with Gasteiger partial charge in [-0.3, -0.25) is 15.0 Å². The minimum Gasteiger partial charge on any atom is -0.399 e. The smallest absolute Gasteiger partial charge is 0.257 e. The van der Waals surface area contributed by atoms with E-state index in [-0.39, 0.29) is 5.91 Å². The summed E-state index contributed by atoms with van der Waals surface area (Å²) in [6.45, 7) is 3.15. The predicted octanol–water partition coefficient (Wildman–Crippen LogP) is 2.96. The third-order valence-corrected chi connectivity index (χ3v) is 4.56. The van der Waals surface area contributed by atoms with Gasteiger partial charge in [0.25, 0.3) is 5.91 Å². The number of hydrogen-bond acceptors (Lipinski definition) is 5. The summed E-state index contributed by atoms with van der Waals surface area (Å²) in [4.78, 5) is 19.1. The third kappa shape index (κ3) is 3.84. The zero-order chi connectivity index (χ0) is 15.4. The number of nitrogens with one attached hydrogen (secondary N) is 1. The van der Waals surface area contributed by atoms with Gasteiger partial charge in [-0.05, 0) is 44.1 Å². The fourth-order valence-corrected chi connectivity index (χ4v) is 3.33. The van der Waals surface area contributed by atoms with Crippen molar-refractivity contribution in [2.45, 2.75) is 25.8 Å². The molecule has 1 aliphatic rings. The molecule has 1 aromatic heterocycles. The van der Waals surface area contributed by atoms with Gasteiger partial charge in [-0.2, -0.15) is 0 Å². The normalized spacial score (nSPS) is 15.6. The van der Waals surface area contributed by atoms with Crippen LogP contribution in [0.3, 0.4) is 0 Å². The van der Waals surface area contributed by atoms with Gasteiger partial charge >= 0.3 is 0 Å². The maximum Gasteiger partial charge on any atom is 0.257 e. The average molecular weight is 316 g/mol. The van der Waals surface area contributed by atoms with Crippen LogP contribution in [0, 0.1) is 0 Å². The third-order valence-electron chi connectivity index (χ3n) is 3.76. The van der Waals surface area contributed by atoms with E-state index >= 15 is 0 Å². The Morgan fingerprint density at radius 1 is 1.32 bits per heavy atom. The molecule has 0 spiro atoms. The van der Waals surface area contributed by atoms with Gasteiger partial charge in [0.05, 0.1) is 5.69 Å². The Morgan fingerprint density at radius 2 is 2.14 bits per heavy atom. The van der Waals surface area contributed by atoms with E-state index in [0.29, 0.717) is 16.4 Å². The maximum atomic E-state index is 12.2. The number of nitrogens with zero attached hydrogens (tertiary/aromatic N) is 2. The van der Waals surface area contributed by atoms with Crippen molar-refractivity contribution in [2.75, 3.05) is 24.1 Å². The van der Waals surface area contributed by atoms with Crippen molar-refractivity contribution in [3.63, 3.8) is 0 Å². The fraction of sp³-hybridized carbons (Fsp3) is 0.375. The lowest BCUT2D eigenvalue weighted by atomic mass is 10.1. The fourth-order valence-electron chi connectivity index (χ4n) is 2.63. The van der Waals surface area contributed by atoms with Crippen LogP contribution in [0.25, 0.3) is 0 Å². The van der Waals surface area contributed by atoms with Crippen molar-refractivity contribution in [1.29, 1.82) is 0 Å². The van der Waals surface area contributed by atoms with Crippen LogP contribution < -0.4 is 11.1 Å². The summed E-state index contributed by atoms with van der Waals surface area (Å²) in [7, 11) is 0. The first-order chi connectivity index (χ1) is 10.7. The van der Waals surface area contributed by atoms with Crippen LogP contribution >= 0.6 is 11.3 Å². The molecule has 2 aromatic rings. The van der Waals surface area contributed by atoms with Crippen LogP contribution in [-0.2, 0) is 6.54 Å². The molecule has 1 aliphatic heterocycles. The Bertz CT molecular complexity index is 649. The van der Waals surface area contributed by atoms with Crippen molar-refractivity contribution >= 4 is 28.1 Å². The summed E-state index contributed by atoms with van der Waals surface area (Å²) in [5.41, 5.74) is 7.85. The number of aromatic nitrogens is 1. The molecule has 22 heavy (non-hydrogen) atoms. The highest BCUT2D eigenvalue weighted by Crippen LogP contribution is 2.19. The summed E-state index contributed by atoms with van der Waals surface area (Å²) >= 11 is 1.46. The molecule has 0 aliphatic carbocycles. The van der Waals surface area contributed by atoms with Crippen LogP contribution in [0.2, 0.25) is 0 Å². The minimum absolute atomic E-state index is 0.175. The maximum absolute atomic E-state index is 12.2. The van der Waals surface area contributed by atoms with E-state index < -0.39 is 0 Å². The molecule has 2 heterocycles. The summed E-state index contributed by atoms with van der Waals surface area (Å²) in [6, 6.07) is 6.94. The summed E-state index contributed by atoms with van der Waals surface area (Å²) < 4.78 is 0. The molecule has 1 amide bonds. The Hall–Kier alpha value is -1.92. The second-order valence-corrected chi connectivity index (χ2v) is 6.42. The molecule has 1 saturated heterocycles. The van der Waals surface area contributed by atoms with E-state index in [4.69, 9.17) is 5.73 Å².